The lowest BCUT2D eigenvalue weighted by Crippen LogP contribution is -2.46. The smallest absolute Gasteiger partial charge is 0.258 e. The molecule has 0 spiro atoms. The van der Waals surface area contributed by atoms with E-state index in [0.29, 0.717) is 24.4 Å². The molecule has 1 fully saturated rings. The number of methoxy groups -OCH3 is 1. The molecule has 2 heterocycles. The minimum atomic E-state index is -2.42. The molecule has 0 bridgehead atoms. The highest BCUT2D eigenvalue weighted by atomic mass is 19.3. The monoisotopic (exact) mass is 295 g/mol. The first kappa shape index (κ1) is 14.3. The van der Waals surface area contributed by atoms with Crippen LogP contribution >= 0.6 is 0 Å². The van der Waals surface area contributed by atoms with Crippen LogP contribution in [0.15, 0.2) is 24.4 Å². The van der Waals surface area contributed by atoms with E-state index in [0.717, 1.165) is 24.0 Å². The molecule has 1 aliphatic rings. The Bertz CT molecular complexity index is 608. The van der Waals surface area contributed by atoms with E-state index in [9.17, 15) is 8.78 Å². The molecule has 6 heteroatoms. The third-order valence-corrected chi connectivity index (χ3v) is 4.02. The van der Waals surface area contributed by atoms with Crippen molar-refractivity contribution in [1.82, 2.24) is 15.2 Å². The van der Waals surface area contributed by atoms with Crippen molar-refractivity contribution < 1.29 is 13.5 Å². The summed E-state index contributed by atoms with van der Waals surface area (Å²) in [6.07, 6.45) is -0.725. The number of benzene rings is 1. The first-order chi connectivity index (χ1) is 10.2. The second kappa shape index (κ2) is 5.99. The van der Waals surface area contributed by atoms with Gasteiger partial charge in [0.1, 0.15) is 5.75 Å². The van der Waals surface area contributed by atoms with E-state index < -0.39 is 12.5 Å². The van der Waals surface area contributed by atoms with Crippen LogP contribution in [0.2, 0.25) is 0 Å². The van der Waals surface area contributed by atoms with Crippen LogP contribution in [0.3, 0.4) is 0 Å². The van der Waals surface area contributed by atoms with Gasteiger partial charge in [-0.1, -0.05) is 0 Å². The number of aromatic amines is 1. The fourth-order valence-electron chi connectivity index (χ4n) is 2.95. The predicted octanol–water partition coefficient (Wildman–Crippen LogP) is 2.39. The second-order valence-corrected chi connectivity index (χ2v) is 5.22. The van der Waals surface area contributed by atoms with Crippen LogP contribution < -0.4 is 10.1 Å². The lowest BCUT2D eigenvalue weighted by Gasteiger charge is -2.34. The van der Waals surface area contributed by atoms with Gasteiger partial charge in [-0.2, -0.15) is 0 Å². The number of halogens is 2. The summed E-state index contributed by atoms with van der Waals surface area (Å²) in [7, 11) is 1.58. The predicted molar refractivity (Wildman–Crippen MR) is 78.0 cm³/mol. The van der Waals surface area contributed by atoms with Gasteiger partial charge in [-0.15, -0.1) is 0 Å². The summed E-state index contributed by atoms with van der Waals surface area (Å²) < 4.78 is 32.5. The first-order valence-electron chi connectivity index (χ1n) is 7.08. The average molecular weight is 295 g/mol. The highest BCUT2D eigenvalue weighted by molar-refractivity contribution is 5.85. The van der Waals surface area contributed by atoms with Crippen molar-refractivity contribution in [3.05, 3.63) is 30.0 Å². The van der Waals surface area contributed by atoms with E-state index in [-0.39, 0.29) is 0 Å². The van der Waals surface area contributed by atoms with Crippen LogP contribution in [0.4, 0.5) is 8.78 Å². The largest absolute Gasteiger partial charge is 0.497 e. The zero-order chi connectivity index (χ0) is 14.8. The normalized spacial score (nSPS) is 18.3. The van der Waals surface area contributed by atoms with Crippen molar-refractivity contribution in [1.29, 1.82) is 0 Å². The summed E-state index contributed by atoms with van der Waals surface area (Å²) in [5.74, 6) is 0.677. The number of ether oxygens (including phenoxy) is 1. The molecule has 0 amide bonds. The Hall–Kier alpha value is -1.66. The fraction of sp³-hybridized carbons (Fsp3) is 0.467. The summed E-state index contributed by atoms with van der Waals surface area (Å²) in [4.78, 5) is 4.93. The molecule has 0 aliphatic carbocycles. The van der Waals surface area contributed by atoms with Crippen LogP contribution in [0.1, 0.15) is 11.6 Å². The maximum absolute atomic E-state index is 13.7. The highest BCUT2D eigenvalue weighted by Gasteiger charge is 2.32. The lowest BCUT2D eigenvalue weighted by molar-refractivity contribution is 0.0189. The van der Waals surface area contributed by atoms with E-state index in [4.69, 9.17) is 4.74 Å². The van der Waals surface area contributed by atoms with Gasteiger partial charge in [0, 0.05) is 48.8 Å². The van der Waals surface area contributed by atoms with Crippen molar-refractivity contribution >= 4 is 10.9 Å². The Morgan fingerprint density at radius 1 is 1.24 bits per heavy atom. The van der Waals surface area contributed by atoms with Crippen molar-refractivity contribution in [2.75, 3.05) is 33.3 Å². The number of hydrogen-bond donors (Lipinski definition) is 2. The molecule has 0 saturated carbocycles. The standard InChI is InChI=1S/C15H19F2N3O/c1-21-10-2-3-13-11(8-10)12(9-19-13)14(15(16)17)20-6-4-18-5-7-20/h2-3,8-9,14-15,18-19H,4-7H2,1H3/t14-/m0/s1. The zero-order valence-electron chi connectivity index (χ0n) is 11.9. The molecule has 1 saturated heterocycles. The van der Waals surface area contributed by atoms with E-state index in [1.54, 1.807) is 13.3 Å². The molecule has 114 valence electrons. The summed E-state index contributed by atoms with van der Waals surface area (Å²) >= 11 is 0. The van der Waals surface area contributed by atoms with Gasteiger partial charge < -0.3 is 15.0 Å². The summed E-state index contributed by atoms with van der Waals surface area (Å²) in [5, 5.41) is 4.00. The fourth-order valence-corrected chi connectivity index (χ4v) is 2.95. The van der Waals surface area contributed by atoms with E-state index in [1.807, 2.05) is 23.1 Å². The van der Waals surface area contributed by atoms with Crippen LogP contribution in [0.5, 0.6) is 5.75 Å². The van der Waals surface area contributed by atoms with Gasteiger partial charge in [-0.3, -0.25) is 4.90 Å². The third-order valence-electron chi connectivity index (χ3n) is 4.02. The van der Waals surface area contributed by atoms with Gasteiger partial charge in [0.2, 0.25) is 0 Å². The number of nitrogens with zero attached hydrogens (tertiary/aromatic N) is 1. The van der Waals surface area contributed by atoms with Gasteiger partial charge in [-0.05, 0) is 18.2 Å². The molecule has 2 aromatic rings. The molecular formula is C15H19F2N3O. The number of H-pyrrole nitrogens is 1. The van der Waals surface area contributed by atoms with Gasteiger partial charge in [0.05, 0.1) is 13.2 Å². The molecule has 1 aromatic carbocycles. The second-order valence-electron chi connectivity index (χ2n) is 5.22. The van der Waals surface area contributed by atoms with Crippen LogP contribution in [-0.4, -0.2) is 49.6 Å². The minimum Gasteiger partial charge on any atom is -0.497 e. The Balaban J connectivity index is 2.02. The molecule has 21 heavy (non-hydrogen) atoms. The maximum Gasteiger partial charge on any atom is 0.258 e. The first-order valence-corrected chi connectivity index (χ1v) is 7.08. The van der Waals surface area contributed by atoms with E-state index in [2.05, 4.69) is 10.3 Å². The topological polar surface area (TPSA) is 40.3 Å². The molecule has 1 atom stereocenters. The van der Waals surface area contributed by atoms with Crippen LogP contribution in [0, 0.1) is 0 Å². The van der Waals surface area contributed by atoms with Crippen molar-refractivity contribution in [2.24, 2.45) is 0 Å². The van der Waals surface area contributed by atoms with Gasteiger partial charge in [-0.25, -0.2) is 8.78 Å². The summed E-state index contributed by atoms with van der Waals surface area (Å²) in [6.45, 7) is 2.75. The minimum absolute atomic E-state index is 0.631. The summed E-state index contributed by atoms with van der Waals surface area (Å²) in [6, 6.07) is 4.62. The highest BCUT2D eigenvalue weighted by Crippen LogP contribution is 2.34. The quantitative estimate of drug-likeness (QED) is 0.910. The molecule has 2 N–H and O–H groups in total. The van der Waals surface area contributed by atoms with Gasteiger partial charge in [0.25, 0.3) is 6.43 Å². The van der Waals surface area contributed by atoms with Gasteiger partial charge in [0.15, 0.2) is 0 Å². The number of alkyl halides is 2. The number of nitrogens with one attached hydrogen (secondary N) is 2. The Morgan fingerprint density at radius 3 is 2.67 bits per heavy atom. The van der Waals surface area contributed by atoms with Crippen LogP contribution in [-0.2, 0) is 0 Å². The molecular weight excluding hydrogens is 276 g/mol. The maximum atomic E-state index is 13.7. The third kappa shape index (κ3) is 2.73. The number of hydrogen-bond acceptors (Lipinski definition) is 3. The Labute approximate surface area is 122 Å². The SMILES string of the molecule is COc1ccc2[nH]cc([C@@H](C(F)F)N3CCNCC3)c2c1. The molecule has 4 nitrogen and oxygen atoms in total. The molecule has 0 radical (unpaired) electrons. The zero-order valence-corrected chi connectivity index (χ0v) is 11.9. The van der Waals surface area contributed by atoms with Crippen molar-refractivity contribution in [3.8, 4) is 5.75 Å². The number of piperazine rings is 1. The average Bonchev–Trinajstić information content (AvgIpc) is 2.91. The summed E-state index contributed by atoms with van der Waals surface area (Å²) in [5.41, 5.74) is 1.49. The Morgan fingerprint density at radius 2 is 2.00 bits per heavy atom. The number of fused-ring (bicyclic) bond motifs is 1. The number of rotatable bonds is 4. The molecule has 1 aliphatic heterocycles. The number of aromatic nitrogens is 1. The van der Waals surface area contributed by atoms with Crippen molar-refractivity contribution in [3.63, 3.8) is 0 Å². The van der Waals surface area contributed by atoms with Gasteiger partial charge >= 0.3 is 0 Å². The van der Waals surface area contributed by atoms with Crippen LogP contribution in [0.25, 0.3) is 10.9 Å². The molecule has 0 unspecified atom stereocenters. The van der Waals surface area contributed by atoms with E-state index in [1.165, 1.54) is 0 Å². The Kier molecular flexibility index (Phi) is 4.07. The molecule has 3 rings (SSSR count). The molecule has 1 aromatic heterocycles. The van der Waals surface area contributed by atoms with Crippen molar-refractivity contribution in [2.45, 2.75) is 12.5 Å². The van der Waals surface area contributed by atoms with E-state index >= 15 is 0 Å². The lowest BCUT2D eigenvalue weighted by atomic mass is 10.0.